The molecule has 1 aliphatic carbocycles. The van der Waals surface area contributed by atoms with Crippen LogP contribution in [0.3, 0.4) is 0 Å². The van der Waals surface area contributed by atoms with E-state index >= 15 is 0 Å². The summed E-state index contributed by atoms with van der Waals surface area (Å²) in [6.45, 7) is 1.35. The summed E-state index contributed by atoms with van der Waals surface area (Å²) in [4.78, 5) is 50.2. The lowest BCUT2D eigenvalue weighted by Crippen LogP contribution is -2.35. The molecule has 1 aliphatic heterocycles. The second kappa shape index (κ2) is 8.69. The highest BCUT2D eigenvalue weighted by molar-refractivity contribution is 6.05. The van der Waals surface area contributed by atoms with Crippen molar-refractivity contribution in [1.82, 2.24) is 4.90 Å². The van der Waals surface area contributed by atoms with E-state index in [4.69, 9.17) is 10.00 Å². The summed E-state index contributed by atoms with van der Waals surface area (Å²) in [5.74, 6) is -2.45. The summed E-state index contributed by atoms with van der Waals surface area (Å²) < 4.78 is 5.11. The molecule has 1 saturated heterocycles. The number of esters is 1. The Hall–Kier alpha value is -3.47. The van der Waals surface area contributed by atoms with Gasteiger partial charge in [-0.3, -0.25) is 24.1 Å². The largest absolute Gasteiger partial charge is 0.452 e. The number of amides is 3. The highest BCUT2D eigenvalue weighted by atomic mass is 16.5. The average Bonchev–Trinajstić information content (AvgIpc) is 2.97. The third kappa shape index (κ3) is 4.35. The first-order chi connectivity index (χ1) is 13.9. The fourth-order valence-electron chi connectivity index (χ4n) is 3.53. The quantitative estimate of drug-likeness (QED) is 0.446. The predicted molar refractivity (Wildman–Crippen MR) is 102 cm³/mol. The SMILES string of the molecule is C[C@H](OC(=O)CCN1C(=O)[C@H]2CC=CC[C@H]2C1=O)C(=O)Nc1ccccc1C#N. The number of para-hydroxylation sites is 1. The fourth-order valence-corrected chi connectivity index (χ4v) is 3.53. The zero-order valence-electron chi connectivity index (χ0n) is 16.0. The molecule has 29 heavy (non-hydrogen) atoms. The predicted octanol–water partition coefficient (Wildman–Crippen LogP) is 1.77. The number of carbonyl (C=O) groups is 4. The van der Waals surface area contributed by atoms with Gasteiger partial charge in [-0.2, -0.15) is 5.26 Å². The first-order valence-electron chi connectivity index (χ1n) is 9.42. The van der Waals surface area contributed by atoms with E-state index in [1.54, 1.807) is 24.3 Å². The number of allylic oxidation sites excluding steroid dienone is 2. The van der Waals surface area contributed by atoms with Gasteiger partial charge in [-0.05, 0) is 31.9 Å². The minimum atomic E-state index is -1.09. The van der Waals surface area contributed by atoms with E-state index in [0.717, 1.165) is 4.90 Å². The van der Waals surface area contributed by atoms with Crippen LogP contribution >= 0.6 is 0 Å². The molecule has 150 valence electrons. The van der Waals surface area contributed by atoms with Crippen molar-refractivity contribution in [2.75, 3.05) is 11.9 Å². The summed E-state index contributed by atoms with van der Waals surface area (Å²) in [6, 6.07) is 8.44. The zero-order chi connectivity index (χ0) is 21.0. The number of fused-ring (bicyclic) bond motifs is 1. The molecule has 0 unspecified atom stereocenters. The average molecular weight is 395 g/mol. The second-order valence-corrected chi connectivity index (χ2v) is 7.01. The number of imide groups is 1. The van der Waals surface area contributed by atoms with Crippen LogP contribution < -0.4 is 5.32 Å². The fraction of sp³-hybridized carbons (Fsp3) is 0.381. The zero-order valence-corrected chi connectivity index (χ0v) is 16.0. The summed E-state index contributed by atoms with van der Waals surface area (Å²) in [6.07, 6.45) is 3.60. The van der Waals surface area contributed by atoms with E-state index in [2.05, 4.69) is 5.32 Å². The smallest absolute Gasteiger partial charge is 0.308 e. The highest BCUT2D eigenvalue weighted by Crippen LogP contribution is 2.35. The van der Waals surface area contributed by atoms with Crippen LogP contribution in [0.15, 0.2) is 36.4 Å². The molecule has 3 atom stereocenters. The Morgan fingerprint density at radius 3 is 2.45 bits per heavy atom. The van der Waals surface area contributed by atoms with Crippen molar-refractivity contribution in [3.05, 3.63) is 42.0 Å². The monoisotopic (exact) mass is 395 g/mol. The molecule has 8 heteroatoms. The van der Waals surface area contributed by atoms with Gasteiger partial charge in [0.1, 0.15) is 6.07 Å². The van der Waals surface area contributed by atoms with Crippen LogP contribution in [-0.4, -0.2) is 41.2 Å². The van der Waals surface area contributed by atoms with Gasteiger partial charge in [-0.15, -0.1) is 0 Å². The first-order valence-corrected chi connectivity index (χ1v) is 9.42. The number of hydrogen-bond acceptors (Lipinski definition) is 6. The van der Waals surface area contributed by atoms with E-state index < -0.39 is 18.0 Å². The Morgan fingerprint density at radius 2 is 1.83 bits per heavy atom. The summed E-state index contributed by atoms with van der Waals surface area (Å²) in [5.41, 5.74) is 0.619. The number of rotatable bonds is 6. The van der Waals surface area contributed by atoms with Crippen molar-refractivity contribution < 1.29 is 23.9 Å². The highest BCUT2D eigenvalue weighted by Gasteiger charge is 2.47. The molecule has 0 bridgehead atoms. The number of hydrogen-bond donors (Lipinski definition) is 1. The van der Waals surface area contributed by atoms with E-state index in [9.17, 15) is 19.2 Å². The van der Waals surface area contributed by atoms with Gasteiger partial charge in [0.05, 0.1) is 29.5 Å². The number of benzene rings is 1. The number of ether oxygens (including phenoxy) is 1. The van der Waals surface area contributed by atoms with E-state index in [1.807, 2.05) is 18.2 Å². The molecule has 3 amide bonds. The molecule has 3 rings (SSSR count). The van der Waals surface area contributed by atoms with Crippen LogP contribution in [0.1, 0.15) is 31.7 Å². The molecule has 0 spiro atoms. The molecular formula is C21H21N3O5. The summed E-state index contributed by atoms with van der Waals surface area (Å²) in [7, 11) is 0. The van der Waals surface area contributed by atoms with Crippen LogP contribution in [-0.2, 0) is 23.9 Å². The number of nitrogens with zero attached hydrogens (tertiary/aromatic N) is 2. The van der Waals surface area contributed by atoms with Crippen molar-refractivity contribution in [1.29, 1.82) is 5.26 Å². The van der Waals surface area contributed by atoms with Gasteiger partial charge in [0.25, 0.3) is 5.91 Å². The Labute approximate surface area is 168 Å². The van der Waals surface area contributed by atoms with E-state index in [0.29, 0.717) is 24.1 Å². The van der Waals surface area contributed by atoms with Gasteiger partial charge in [0, 0.05) is 6.54 Å². The second-order valence-electron chi connectivity index (χ2n) is 7.01. The maximum atomic E-state index is 12.4. The lowest BCUT2D eigenvalue weighted by molar-refractivity contribution is -0.154. The maximum Gasteiger partial charge on any atom is 0.308 e. The van der Waals surface area contributed by atoms with Crippen molar-refractivity contribution in [2.45, 2.75) is 32.3 Å². The van der Waals surface area contributed by atoms with Gasteiger partial charge in [-0.1, -0.05) is 24.3 Å². The molecule has 1 aromatic carbocycles. The Balaban J connectivity index is 1.50. The molecule has 1 aromatic rings. The normalized spacial score (nSPS) is 21.3. The number of anilines is 1. The molecule has 0 radical (unpaired) electrons. The minimum Gasteiger partial charge on any atom is -0.452 e. The molecule has 8 nitrogen and oxygen atoms in total. The van der Waals surface area contributed by atoms with Crippen molar-refractivity contribution in [2.24, 2.45) is 11.8 Å². The first kappa shape index (κ1) is 20.3. The van der Waals surface area contributed by atoms with Gasteiger partial charge < -0.3 is 10.1 Å². The molecule has 2 aliphatic rings. The van der Waals surface area contributed by atoms with Gasteiger partial charge in [0.15, 0.2) is 6.10 Å². The lowest BCUT2D eigenvalue weighted by atomic mass is 9.85. The number of likely N-dealkylation sites (tertiary alicyclic amines) is 1. The number of nitriles is 1. The third-order valence-electron chi connectivity index (χ3n) is 5.12. The van der Waals surface area contributed by atoms with E-state index in [-0.39, 0.29) is 36.6 Å². The number of nitrogens with one attached hydrogen (secondary N) is 1. The standard InChI is InChI=1S/C21H21N3O5/c1-13(19(26)23-17-9-5-2-6-14(17)12-22)29-18(25)10-11-24-20(27)15-7-3-4-8-16(15)21(24)28/h2-6,9,13,15-16H,7-8,10-11H2,1H3,(H,23,26)/t13-,15-,16+/m0/s1. The topological polar surface area (TPSA) is 117 Å². The summed E-state index contributed by atoms with van der Waals surface area (Å²) >= 11 is 0. The third-order valence-corrected chi connectivity index (χ3v) is 5.12. The van der Waals surface area contributed by atoms with Crippen molar-refractivity contribution in [3.63, 3.8) is 0 Å². The molecule has 1 N–H and O–H groups in total. The number of carbonyl (C=O) groups excluding carboxylic acids is 4. The van der Waals surface area contributed by atoms with E-state index in [1.165, 1.54) is 6.92 Å². The lowest BCUT2D eigenvalue weighted by Gasteiger charge is -2.16. The maximum absolute atomic E-state index is 12.4. The van der Waals surface area contributed by atoms with Gasteiger partial charge in [0.2, 0.25) is 11.8 Å². The molecule has 0 aromatic heterocycles. The Bertz CT molecular complexity index is 891. The van der Waals surface area contributed by atoms with Crippen molar-refractivity contribution >= 4 is 29.4 Å². The van der Waals surface area contributed by atoms with Crippen LogP contribution in [0.2, 0.25) is 0 Å². The van der Waals surface area contributed by atoms with Crippen molar-refractivity contribution in [3.8, 4) is 6.07 Å². The van der Waals surface area contributed by atoms with Crippen LogP contribution in [0.5, 0.6) is 0 Å². The minimum absolute atomic E-state index is 0.0604. The molecular weight excluding hydrogens is 374 g/mol. The van der Waals surface area contributed by atoms with Gasteiger partial charge in [-0.25, -0.2) is 0 Å². The van der Waals surface area contributed by atoms with Crippen LogP contribution in [0, 0.1) is 23.2 Å². The van der Waals surface area contributed by atoms with Crippen LogP contribution in [0.4, 0.5) is 5.69 Å². The Kier molecular flexibility index (Phi) is 6.07. The van der Waals surface area contributed by atoms with Gasteiger partial charge >= 0.3 is 5.97 Å². The van der Waals surface area contributed by atoms with Crippen LogP contribution in [0.25, 0.3) is 0 Å². The summed E-state index contributed by atoms with van der Waals surface area (Å²) in [5, 5.41) is 11.6. The molecule has 1 fully saturated rings. The Morgan fingerprint density at radius 1 is 1.21 bits per heavy atom. The molecule has 1 heterocycles. The molecule has 0 saturated carbocycles.